The van der Waals surface area contributed by atoms with Gasteiger partial charge in [-0.25, -0.2) is 4.98 Å². The number of anilines is 1. The largest absolute Gasteiger partial charge is 0.573 e. The van der Waals surface area contributed by atoms with Gasteiger partial charge in [0.25, 0.3) is 0 Å². The molecule has 0 amide bonds. The van der Waals surface area contributed by atoms with Gasteiger partial charge in [0, 0.05) is 24.2 Å². The van der Waals surface area contributed by atoms with Crippen LogP contribution in [0.5, 0.6) is 5.75 Å². The molecule has 4 nitrogen and oxygen atoms in total. The first-order chi connectivity index (χ1) is 9.82. The second-order valence-corrected chi connectivity index (χ2v) is 5.68. The van der Waals surface area contributed by atoms with Crippen molar-refractivity contribution in [3.05, 3.63) is 40.9 Å². The highest BCUT2D eigenvalue weighted by atomic mass is 35.5. The summed E-state index contributed by atoms with van der Waals surface area (Å²) in [6.07, 6.45) is -2.94. The lowest BCUT2D eigenvalue weighted by atomic mass is 10.2. The summed E-state index contributed by atoms with van der Waals surface area (Å²) in [5, 5.41) is 0.520. The first kappa shape index (κ1) is 18.5. The Morgan fingerprint density at radius 2 is 1.86 bits per heavy atom. The molecule has 1 heterocycles. The number of nitrogens with two attached hydrogens (primary N) is 1. The minimum absolute atomic E-state index is 0. The van der Waals surface area contributed by atoms with Gasteiger partial charge in [0.05, 0.1) is 0 Å². The Kier molecular flexibility index (Phi) is 6.46. The monoisotopic (exact) mass is 353 g/mol. The van der Waals surface area contributed by atoms with Gasteiger partial charge in [-0.05, 0) is 24.7 Å². The van der Waals surface area contributed by atoms with Crippen molar-refractivity contribution < 1.29 is 17.9 Å². The summed E-state index contributed by atoms with van der Waals surface area (Å²) in [5.41, 5.74) is 6.45. The van der Waals surface area contributed by atoms with Gasteiger partial charge < -0.3 is 10.5 Å². The number of thiazole rings is 1. The first-order valence-corrected chi connectivity index (χ1v) is 6.87. The summed E-state index contributed by atoms with van der Waals surface area (Å²) in [5.74, 6) is -0.218. The van der Waals surface area contributed by atoms with E-state index >= 15 is 0 Å². The molecule has 1 aromatic heterocycles. The molecule has 22 heavy (non-hydrogen) atoms. The molecule has 0 spiro atoms. The fourth-order valence-corrected chi connectivity index (χ4v) is 2.59. The van der Waals surface area contributed by atoms with Crippen LogP contribution in [0.15, 0.2) is 30.5 Å². The van der Waals surface area contributed by atoms with Crippen molar-refractivity contribution in [2.24, 2.45) is 0 Å². The number of ether oxygens (including phenoxy) is 1. The molecule has 0 unspecified atom stereocenters. The summed E-state index contributed by atoms with van der Waals surface area (Å²) in [7, 11) is 1.91. The first-order valence-electron chi connectivity index (χ1n) is 6.05. The normalized spacial score (nSPS) is 11.3. The second kappa shape index (κ2) is 7.66. The van der Waals surface area contributed by atoms with Gasteiger partial charge in [-0.15, -0.1) is 36.9 Å². The van der Waals surface area contributed by atoms with Gasteiger partial charge in [0.1, 0.15) is 5.75 Å². The van der Waals surface area contributed by atoms with E-state index in [4.69, 9.17) is 5.73 Å². The number of benzene rings is 1. The predicted octanol–water partition coefficient (Wildman–Crippen LogP) is 3.68. The molecule has 0 bridgehead atoms. The van der Waals surface area contributed by atoms with E-state index in [1.807, 2.05) is 11.9 Å². The third-order valence-corrected chi connectivity index (χ3v) is 3.42. The van der Waals surface area contributed by atoms with Gasteiger partial charge in [0.15, 0.2) is 5.13 Å². The smallest absolute Gasteiger partial charge is 0.406 e. The highest BCUT2D eigenvalue weighted by Crippen LogP contribution is 2.23. The highest BCUT2D eigenvalue weighted by molar-refractivity contribution is 7.15. The average Bonchev–Trinajstić information content (AvgIpc) is 2.75. The lowest BCUT2D eigenvalue weighted by Crippen LogP contribution is -2.18. The Bertz CT molecular complexity index is 589. The second-order valence-electron chi connectivity index (χ2n) is 4.53. The van der Waals surface area contributed by atoms with Crippen molar-refractivity contribution >= 4 is 28.9 Å². The van der Waals surface area contributed by atoms with E-state index in [0.29, 0.717) is 18.2 Å². The van der Waals surface area contributed by atoms with Crippen molar-refractivity contribution in [1.82, 2.24) is 9.88 Å². The molecule has 0 aliphatic rings. The molecule has 122 valence electrons. The molecule has 0 aliphatic heterocycles. The Balaban J connectivity index is 0.00000242. The number of aromatic nitrogens is 1. The van der Waals surface area contributed by atoms with Gasteiger partial charge >= 0.3 is 6.36 Å². The Morgan fingerprint density at radius 3 is 2.36 bits per heavy atom. The molecule has 0 saturated heterocycles. The Labute approximate surface area is 136 Å². The molecule has 0 radical (unpaired) electrons. The Hall–Kier alpha value is -1.51. The molecule has 2 aromatic rings. The predicted molar refractivity (Wildman–Crippen MR) is 82.1 cm³/mol. The van der Waals surface area contributed by atoms with Crippen LogP contribution in [-0.4, -0.2) is 23.3 Å². The number of rotatable bonds is 5. The Morgan fingerprint density at radius 1 is 1.23 bits per heavy atom. The van der Waals surface area contributed by atoms with Gasteiger partial charge in [-0.3, -0.25) is 4.90 Å². The summed E-state index contributed by atoms with van der Waals surface area (Å²) in [6, 6.07) is 5.83. The van der Waals surface area contributed by atoms with Crippen molar-refractivity contribution in [3.8, 4) is 5.75 Å². The molecule has 0 saturated carbocycles. The zero-order chi connectivity index (χ0) is 15.5. The molecule has 9 heteroatoms. The summed E-state index contributed by atoms with van der Waals surface area (Å²) in [4.78, 5) is 7.02. The maximum atomic E-state index is 12.1. The van der Waals surface area contributed by atoms with Crippen LogP contribution in [0.1, 0.15) is 10.4 Å². The van der Waals surface area contributed by atoms with E-state index in [0.717, 1.165) is 10.4 Å². The molecule has 2 N–H and O–H groups in total. The third kappa shape index (κ3) is 6.08. The van der Waals surface area contributed by atoms with Gasteiger partial charge in [-0.1, -0.05) is 12.1 Å². The van der Waals surface area contributed by atoms with E-state index in [1.165, 1.54) is 23.5 Å². The van der Waals surface area contributed by atoms with Crippen LogP contribution >= 0.6 is 23.7 Å². The van der Waals surface area contributed by atoms with Crippen molar-refractivity contribution in [3.63, 3.8) is 0 Å². The van der Waals surface area contributed by atoms with Crippen LogP contribution in [0.25, 0.3) is 0 Å². The molecular weight excluding hydrogens is 339 g/mol. The highest BCUT2D eigenvalue weighted by Gasteiger charge is 2.30. The average molecular weight is 354 g/mol. The van der Waals surface area contributed by atoms with E-state index in [2.05, 4.69) is 9.72 Å². The maximum absolute atomic E-state index is 12.1. The lowest BCUT2D eigenvalue weighted by molar-refractivity contribution is -0.274. The number of hydrogen-bond acceptors (Lipinski definition) is 5. The topological polar surface area (TPSA) is 51.4 Å². The van der Waals surface area contributed by atoms with Crippen LogP contribution in [0.4, 0.5) is 18.3 Å². The molecule has 2 rings (SSSR count). The van der Waals surface area contributed by atoms with E-state index < -0.39 is 6.36 Å². The lowest BCUT2D eigenvalue weighted by Gasteiger charge is -2.16. The summed E-state index contributed by atoms with van der Waals surface area (Å²) in [6.45, 7) is 1.28. The minimum Gasteiger partial charge on any atom is -0.406 e. The summed E-state index contributed by atoms with van der Waals surface area (Å²) < 4.78 is 40.0. The quantitative estimate of drug-likeness (QED) is 0.891. The van der Waals surface area contributed by atoms with E-state index in [1.54, 1.807) is 18.3 Å². The molecule has 0 aliphatic carbocycles. The summed E-state index contributed by atoms with van der Waals surface area (Å²) >= 11 is 1.42. The van der Waals surface area contributed by atoms with Gasteiger partial charge in [0.2, 0.25) is 0 Å². The van der Waals surface area contributed by atoms with Crippen molar-refractivity contribution in [2.75, 3.05) is 12.8 Å². The number of alkyl halides is 3. The molecular formula is C13H15ClF3N3OS. The van der Waals surface area contributed by atoms with E-state index in [-0.39, 0.29) is 18.2 Å². The minimum atomic E-state index is -4.66. The van der Waals surface area contributed by atoms with Crippen LogP contribution < -0.4 is 10.5 Å². The fourth-order valence-electron chi connectivity index (χ4n) is 1.83. The molecule has 1 aromatic carbocycles. The number of halogens is 4. The standard InChI is InChI=1S/C13H14F3N3OS.ClH/c1-19(8-11-6-18-12(17)21-11)7-9-2-4-10(5-3-9)20-13(14,15)16;/h2-6H,7-8H2,1H3,(H2,17,18);1H. The van der Waals surface area contributed by atoms with Gasteiger partial charge in [-0.2, -0.15) is 0 Å². The van der Waals surface area contributed by atoms with Crippen LogP contribution in [0.2, 0.25) is 0 Å². The van der Waals surface area contributed by atoms with Crippen LogP contribution in [0, 0.1) is 0 Å². The zero-order valence-electron chi connectivity index (χ0n) is 11.6. The number of hydrogen-bond donors (Lipinski definition) is 1. The SMILES string of the molecule is CN(Cc1ccc(OC(F)(F)F)cc1)Cc1cnc(N)s1.Cl. The maximum Gasteiger partial charge on any atom is 0.573 e. The zero-order valence-corrected chi connectivity index (χ0v) is 13.3. The molecule has 0 fully saturated rings. The van der Waals surface area contributed by atoms with Crippen LogP contribution in [0.3, 0.4) is 0 Å². The van der Waals surface area contributed by atoms with E-state index in [9.17, 15) is 13.2 Å². The number of nitrogens with zero attached hydrogens (tertiary/aromatic N) is 2. The van der Waals surface area contributed by atoms with Crippen LogP contribution in [-0.2, 0) is 13.1 Å². The third-order valence-electron chi connectivity index (χ3n) is 2.61. The van der Waals surface area contributed by atoms with Crippen molar-refractivity contribution in [1.29, 1.82) is 0 Å². The molecule has 0 atom stereocenters. The number of nitrogen functional groups attached to an aromatic ring is 1. The fraction of sp³-hybridized carbons (Fsp3) is 0.308. The van der Waals surface area contributed by atoms with Crippen molar-refractivity contribution in [2.45, 2.75) is 19.5 Å².